The number of aromatic carboxylic acids is 1. The highest BCUT2D eigenvalue weighted by Gasteiger charge is 2.46. The molecule has 1 fully saturated rings. The number of nitrogens with one attached hydrogen (secondary N) is 8. The van der Waals surface area contributed by atoms with Crippen molar-refractivity contribution in [2.24, 2.45) is 29.2 Å². The number of carbonyl (C=O) groups excluding carboxylic acids is 13. The zero-order valence-electron chi connectivity index (χ0n) is 81.9. The molecule has 0 radical (unpaired) electrons. The zero-order valence-corrected chi connectivity index (χ0v) is 83.5. The van der Waals surface area contributed by atoms with Crippen LogP contribution in [-0.2, 0) is 91.4 Å². The van der Waals surface area contributed by atoms with Gasteiger partial charge in [-0.05, 0) is 118 Å². The fourth-order valence-electron chi connectivity index (χ4n) is 12.8. The van der Waals surface area contributed by atoms with Gasteiger partial charge in [0, 0.05) is 95.8 Å². The number of halogens is 9. The van der Waals surface area contributed by atoms with Crippen LogP contribution in [0.2, 0.25) is 0 Å². The van der Waals surface area contributed by atoms with Crippen LogP contribution in [0, 0.1) is 17.8 Å². The average Bonchev–Trinajstić information content (AvgIpc) is 1.07. The second kappa shape index (κ2) is 57.0. The molecule has 0 unspecified atom stereocenters. The van der Waals surface area contributed by atoms with Crippen molar-refractivity contribution in [3.8, 4) is 0 Å². The third kappa shape index (κ3) is 37.8. The number of aliphatic carboxylic acids is 1. The maximum Gasteiger partial charge on any atom is 0.471 e. The number of alkyl halides is 9. The van der Waals surface area contributed by atoms with Crippen LogP contribution in [0.4, 0.5) is 74.4 Å². The summed E-state index contributed by atoms with van der Waals surface area (Å²) < 4.78 is 134. The average molecular weight is 2140 g/mol. The minimum absolute atomic E-state index is 0.0110. The Kier molecular flexibility index (Phi) is 46.8. The number of nitrogens with two attached hydrogens (primary N) is 2. The number of benzene rings is 3. The number of aromatic amines is 3. The van der Waals surface area contributed by atoms with E-state index in [9.17, 15) is 131 Å². The number of methoxy groups -OCH3 is 3. The first-order valence-electron chi connectivity index (χ1n) is 45.1. The molecule has 0 spiro atoms. The van der Waals surface area contributed by atoms with Crippen molar-refractivity contribution in [1.82, 2.24) is 75.3 Å². The highest BCUT2D eigenvalue weighted by Crippen LogP contribution is 2.32. The van der Waals surface area contributed by atoms with Gasteiger partial charge in [-0.25, -0.2) is 44.3 Å². The van der Waals surface area contributed by atoms with E-state index in [4.69, 9.17) is 21.7 Å². The van der Waals surface area contributed by atoms with Crippen LogP contribution in [0.1, 0.15) is 175 Å². The van der Waals surface area contributed by atoms with Gasteiger partial charge in [0.1, 0.15) is 23.9 Å². The molecule has 3 aromatic carbocycles. The summed E-state index contributed by atoms with van der Waals surface area (Å²) in [6.07, 6.45) is -9.10. The van der Waals surface area contributed by atoms with Crippen molar-refractivity contribution in [3.05, 3.63) is 156 Å². The van der Waals surface area contributed by atoms with Gasteiger partial charge in [-0.15, -0.1) is 0 Å². The normalized spacial score (nSPS) is 13.3. The van der Waals surface area contributed by atoms with E-state index in [-0.39, 0.29) is 151 Å². The minimum atomic E-state index is -5.32. The summed E-state index contributed by atoms with van der Waals surface area (Å²) >= 11 is 0. The quantitative estimate of drug-likeness (QED) is 0.00584. The van der Waals surface area contributed by atoms with Crippen LogP contribution in [0.3, 0.4) is 0 Å². The highest BCUT2D eigenvalue weighted by molar-refractivity contribution is 8.76. The number of anilines is 6. The molecule has 47 nitrogen and oxygen atoms in total. The molecular weight excluding hydrogens is 2030 g/mol. The molecule has 9 amide bonds. The number of H-pyrrole nitrogens is 3. The van der Waals surface area contributed by atoms with Crippen molar-refractivity contribution >= 4 is 179 Å². The van der Waals surface area contributed by atoms with Gasteiger partial charge in [0.25, 0.3) is 28.5 Å². The number of ketones is 1. The Hall–Kier alpha value is -15.5. The second-order valence-corrected chi connectivity index (χ2v) is 35.8. The summed E-state index contributed by atoms with van der Waals surface area (Å²) in [6, 6.07) is 10.2. The molecule has 9 aromatic rings. The maximum absolute atomic E-state index is 13.5. The first-order valence-corrected chi connectivity index (χ1v) is 47.6. The predicted octanol–water partition coefficient (Wildman–Crippen LogP) is 7.45. The number of likely N-dealkylation sites (tertiary alicyclic amines) is 1. The van der Waals surface area contributed by atoms with Gasteiger partial charge in [-0.1, -0.05) is 83.4 Å². The number of esters is 3. The molecular formula is C91H108F9N23O24S2. The molecule has 149 heavy (non-hydrogen) atoms. The lowest BCUT2D eigenvalue weighted by Gasteiger charge is -2.24. The topological polar surface area (TPSA) is 684 Å². The van der Waals surface area contributed by atoms with E-state index in [0.29, 0.717) is 40.6 Å². The number of nitrogens with zero attached hydrogens (tertiary/aromatic N) is 13. The standard InChI is InChI=1S/C27H28F3N7O7.C26H26F3N7O8.C20H17F3N6O5.C12H24N2O2S2.C6H13NO2/c1-13(2)21(39)35-26-34-20-19(23(41)36-26)32-16(11-31-20)12-37(25(43)27(28,29)30)17-8-6-15(7-9-17)22(40)33-18(24(42)44-4)10-5-14(3)38;1-12(2)20(39)34-25-33-19-18(22(41)35-25)31-14(10-30-19)11-36(24(43)26(27,28)29)15-6-4-13(5-7-15)21(40)32-16(23(42)44-3)8-9-17(37)38;1-9(2)15(30)27-19-26-14-13(16(31)28-19)25-11(7-24-14)8-29(18(34)20(21,22)23)12-5-3-10(4-6-12)17(32)33;1-2-10-8-11(15)9-14(10)12(16)4-3-6-17-18-7-5-13;1-3-4-5(7)6(8)9-2/h6-9,11,13,18H,5,10,12H2,1-4H3,(H,33,40)(H2,31,34,35,36,39,41);4-7,10,12,16H,8-9,11H2,1-3H3,(H,32,40)(H,37,38)(H2,30,33,34,35,39,41);3-7,9H,8H2,1-2H3,(H,32,33)(H2,24,26,27,28,30,31);10-11,15H,2-9,13H2,1H3;5H,3-4,7H2,1-2H3/t18-;16-;;10-,11-;5-/m00.10/s1. The van der Waals surface area contributed by atoms with Crippen molar-refractivity contribution in [1.29, 1.82) is 0 Å². The molecule has 58 heteroatoms. The number of aromatic nitrogens is 12. The maximum atomic E-state index is 13.5. The number of aliphatic hydroxyl groups is 1. The third-order valence-corrected chi connectivity index (χ3v) is 23.2. The molecule has 6 aromatic heterocycles. The van der Waals surface area contributed by atoms with Gasteiger partial charge in [-0.3, -0.25) is 113 Å². The van der Waals surface area contributed by atoms with Gasteiger partial charge >= 0.3 is 66.1 Å². The lowest BCUT2D eigenvalue weighted by Crippen LogP contribution is -2.42. The molecule has 7 heterocycles. The highest BCUT2D eigenvalue weighted by atomic mass is 33.1. The zero-order chi connectivity index (χ0) is 111. The smallest absolute Gasteiger partial charge is 0.471 e. The Bertz CT molecular complexity index is 6230. The number of ether oxygens (including phenoxy) is 3. The number of carboxylic acid groups (broad SMARTS) is 2. The summed E-state index contributed by atoms with van der Waals surface area (Å²) in [4.78, 5) is 260. The first-order chi connectivity index (χ1) is 70.0. The Morgan fingerprint density at radius 2 is 0.826 bits per heavy atom. The third-order valence-electron chi connectivity index (χ3n) is 20.6. The summed E-state index contributed by atoms with van der Waals surface area (Å²) in [5.41, 5.74) is 4.88. The van der Waals surface area contributed by atoms with E-state index < -0.39 is 168 Å². The number of fused-ring (bicyclic) bond motifs is 3. The number of carboxylic acids is 2. The van der Waals surface area contributed by atoms with E-state index in [1.54, 1.807) is 63.1 Å². The number of hydrogen-bond acceptors (Lipinski definition) is 35. The molecule has 5 atom stereocenters. The van der Waals surface area contributed by atoms with E-state index in [1.807, 2.05) is 11.8 Å². The fourth-order valence-corrected chi connectivity index (χ4v) is 14.8. The van der Waals surface area contributed by atoms with Gasteiger partial charge < -0.3 is 61.3 Å². The monoisotopic (exact) mass is 2140 g/mol. The van der Waals surface area contributed by atoms with Crippen LogP contribution in [0.25, 0.3) is 33.5 Å². The number of carbonyl (C=O) groups is 15. The molecule has 0 aliphatic carbocycles. The second-order valence-electron chi connectivity index (χ2n) is 33.1. The molecule has 15 N–H and O–H groups in total. The van der Waals surface area contributed by atoms with Crippen LogP contribution >= 0.6 is 21.6 Å². The van der Waals surface area contributed by atoms with Crippen molar-refractivity contribution < 1.29 is 141 Å². The summed E-state index contributed by atoms with van der Waals surface area (Å²) in [6.45, 7) is 14.0. The van der Waals surface area contributed by atoms with E-state index in [2.05, 4.69) is 108 Å². The number of rotatable bonds is 39. The SMILES string of the molecule is CC(C)C(=O)Nc1nc2ncc(CN(C(=O)C(F)(F)F)c3ccc(C(=O)O)cc3)nc2c(=O)[nH]1.CCC[C@H](N)C(=O)OC.CC[C@@H]1C[C@@H](O)CN1C(=O)CCCSSCCN.COC(=O)[C@H](CCC(=O)O)NC(=O)c1ccc(N(Cc2cnc3nc(NC(=O)C(C)C)[nH]c(=O)c3n2)C(=O)C(F)(F)F)cc1.COC(=O)[C@H](CCC(C)=O)NC(=O)c1ccc(N(Cc2cnc3nc(NC(=O)C(C)C)[nH]c(=O)c3n2)C(=O)C(F)(F)F)cc1. The number of Topliss-reactive ketones (excluding diaryl/α,β-unsaturated/α-hetero) is 1. The fraction of sp³-hybridized carbons (Fsp3) is 0.440. The minimum Gasteiger partial charge on any atom is -0.481 e. The van der Waals surface area contributed by atoms with Gasteiger partial charge in [0.05, 0.1) is 88.3 Å². The number of aliphatic hydroxyl groups excluding tert-OH is 1. The molecule has 1 aliphatic rings. The molecule has 0 saturated carbocycles. The van der Waals surface area contributed by atoms with Crippen LogP contribution in [-0.4, -0.2) is 264 Å². The molecule has 0 bridgehead atoms. The van der Waals surface area contributed by atoms with E-state index >= 15 is 0 Å². The number of β-amino-alcohol motifs (C(OH)–C–C–N with tert-alkyl or cyclic N) is 1. The van der Waals surface area contributed by atoms with Crippen LogP contribution < -0.4 is 69.4 Å². The lowest BCUT2D eigenvalue weighted by molar-refractivity contribution is -0.170. The Morgan fingerprint density at radius 1 is 0.490 bits per heavy atom. The number of hydrogen-bond donors (Lipinski definition) is 13. The van der Waals surface area contributed by atoms with Crippen LogP contribution in [0.15, 0.2) is 106 Å². The Labute approximate surface area is 848 Å². The van der Waals surface area contributed by atoms with Crippen molar-refractivity contribution in [2.75, 3.05) is 76.6 Å². The Balaban J connectivity index is 0.000000304. The van der Waals surface area contributed by atoms with Crippen molar-refractivity contribution in [2.45, 2.75) is 195 Å². The summed E-state index contributed by atoms with van der Waals surface area (Å²) in [5.74, 6) is -14.1. The molecule has 10 rings (SSSR count). The Morgan fingerprint density at radius 3 is 1.12 bits per heavy atom. The van der Waals surface area contributed by atoms with Crippen LogP contribution in [0.5, 0.6) is 0 Å². The van der Waals surface area contributed by atoms with E-state index in [1.165, 1.54) is 14.0 Å². The largest absolute Gasteiger partial charge is 0.481 e. The van der Waals surface area contributed by atoms with E-state index in [0.717, 1.165) is 143 Å². The number of amides is 9. The summed E-state index contributed by atoms with van der Waals surface area (Å²) in [5, 5.41) is 39.3. The lowest BCUT2D eigenvalue weighted by atomic mass is 10.1. The summed E-state index contributed by atoms with van der Waals surface area (Å²) in [7, 11) is 7.05. The van der Waals surface area contributed by atoms with Crippen molar-refractivity contribution in [3.63, 3.8) is 0 Å². The first kappa shape index (κ1) is 122. The van der Waals surface area contributed by atoms with Gasteiger partial charge in [0.2, 0.25) is 41.5 Å². The molecule has 1 saturated heterocycles. The van der Waals surface area contributed by atoms with Gasteiger partial charge in [0.15, 0.2) is 33.5 Å². The predicted molar refractivity (Wildman–Crippen MR) is 520 cm³/mol. The van der Waals surface area contributed by atoms with Gasteiger partial charge in [-0.2, -0.15) is 54.5 Å². The molecule has 806 valence electrons. The molecule has 1 aliphatic heterocycles.